The van der Waals surface area contributed by atoms with Crippen molar-refractivity contribution < 1.29 is 9.53 Å². The summed E-state index contributed by atoms with van der Waals surface area (Å²) in [5.74, 6) is 2.76. The Balaban J connectivity index is 1.66. The zero-order valence-electron chi connectivity index (χ0n) is 11.7. The van der Waals surface area contributed by atoms with Gasteiger partial charge in [0.05, 0.1) is 6.61 Å². The molecule has 0 bridgehead atoms. The van der Waals surface area contributed by atoms with Gasteiger partial charge in [-0.05, 0) is 49.2 Å². The lowest BCUT2D eigenvalue weighted by atomic mass is 9.83. The van der Waals surface area contributed by atoms with Crippen LogP contribution in [0.5, 0.6) is 0 Å². The summed E-state index contributed by atoms with van der Waals surface area (Å²) in [6.07, 6.45) is 8.82. The zero-order valence-corrected chi connectivity index (χ0v) is 11.7. The number of hydrogen-bond donors (Lipinski definition) is 1. The number of rotatable bonds is 4. The first kappa shape index (κ1) is 12.8. The minimum Gasteiger partial charge on any atom is -0.493 e. The highest BCUT2D eigenvalue weighted by atomic mass is 16.5. The van der Waals surface area contributed by atoms with Gasteiger partial charge >= 0.3 is 0 Å². The minimum absolute atomic E-state index is 0.167. The Morgan fingerprint density at radius 2 is 2.37 bits per heavy atom. The fourth-order valence-corrected chi connectivity index (χ4v) is 3.79. The number of hydrogen-bond acceptors (Lipinski definition) is 2. The molecule has 3 heteroatoms. The number of carbonyl (C=O) groups excluding carboxylic acids is 1. The van der Waals surface area contributed by atoms with Crippen LogP contribution in [0.1, 0.15) is 45.4 Å². The lowest BCUT2D eigenvalue weighted by Crippen LogP contribution is -2.25. The summed E-state index contributed by atoms with van der Waals surface area (Å²) < 4.78 is 5.71. The van der Waals surface area contributed by atoms with Crippen LogP contribution in [0.3, 0.4) is 0 Å². The second-order valence-electron chi connectivity index (χ2n) is 5.80. The van der Waals surface area contributed by atoms with E-state index in [0.29, 0.717) is 12.3 Å². The molecule has 19 heavy (non-hydrogen) atoms. The van der Waals surface area contributed by atoms with Gasteiger partial charge in [-0.3, -0.25) is 4.79 Å². The number of nitrogens with one attached hydrogen (secondary N) is 1. The van der Waals surface area contributed by atoms with Gasteiger partial charge in [0.2, 0.25) is 5.91 Å². The molecular weight excluding hydrogens is 238 g/mol. The van der Waals surface area contributed by atoms with Crippen molar-refractivity contribution in [2.24, 2.45) is 11.8 Å². The number of ether oxygens (including phenoxy) is 1. The first-order valence-electron chi connectivity index (χ1n) is 7.62. The maximum atomic E-state index is 11.3. The Hall–Kier alpha value is -1.25. The van der Waals surface area contributed by atoms with E-state index in [4.69, 9.17) is 4.74 Å². The van der Waals surface area contributed by atoms with E-state index in [1.165, 1.54) is 18.4 Å². The first-order valence-corrected chi connectivity index (χ1v) is 7.62. The van der Waals surface area contributed by atoms with Crippen LogP contribution >= 0.6 is 0 Å². The molecule has 0 radical (unpaired) electrons. The predicted molar refractivity (Wildman–Crippen MR) is 74.4 cm³/mol. The molecule has 2 aliphatic carbocycles. The standard InChI is InChI=1S/C16H23NO2/c1-2-15(18)17-9-7-12-4-3-11-5-6-14-13(16(11)12)8-10-19-14/h6,11-12H,2-5,7-10H2,1H3,(H,17,18)/t11?,12-/m0/s1. The van der Waals surface area contributed by atoms with Gasteiger partial charge < -0.3 is 10.1 Å². The molecule has 3 nitrogen and oxygen atoms in total. The molecule has 1 saturated carbocycles. The van der Waals surface area contributed by atoms with Crippen LogP contribution in [0.4, 0.5) is 0 Å². The Morgan fingerprint density at radius 1 is 1.47 bits per heavy atom. The highest BCUT2D eigenvalue weighted by Crippen LogP contribution is 2.48. The first-order chi connectivity index (χ1) is 9.29. The number of amides is 1. The number of fused-ring (bicyclic) bond motifs is 2. The van der Waals surface area contributed by atoms with Crippen molar-refractivity contribution in [1.29, 1.82) is 0 Å². The molecule has 2 fully saturated rings. The average Bonchev–Trinajstić information content (AvgIpc) is 3.03. The molecule has 1 N–H and O–H groups in total. The summed E-state index contributed by atoms with van der Waals surface area (Å²) in [6.45, 7) is 3.58. The van der Waals surface area contributed by atoms with Crippen molar-refractivity contribution in [3.05, 3.63) is 23.0 Å². The van der Waals surface area contributed by atoms with E-state index in [9.17, 15) is 4.79 Å². The molecule has 0 aromatic carbocycles. The van der Waals surface area contributed by atoms with Crippen molar-refractivity contribution in [2.75, 3.05) is 13.2 Å². The third-order valence-corrected chi connectivity index (χ3v) is 4.72. The molecule has 0 spiro atoms. The molecular formula is C16H23NO2. The van der Waals surface area contributed by atoms with E-state index in [-0.39, 0.29) is 5.91 Å². The Kier molecular flexibility index (Phi) is 3.63. The van der Waals surface area contributed by atoms with E-state index < -0.39 is 0 Å². The molecule has 1 saturated heterocycles. The summed E-state index contributed by atoms with van der Waals surface area (Å²) in [6, 6.07) is 0. The van der Waals surface area contributed by atoms with Crippen molar-refractivity contribution in [3.63, 3.8) is 0 Å². The molecule has 1 heterocycles. The molecule has 1 aliphatic heterocycles. The van der Waals surface area contributed by atoms with Crippen LogP contribution in [0, 0.1) is 11.8 Å². The SMILES string of the molecule is CCC(=O)NCC[C@@H]1CCC2CC=C3OCCC3=C21. The van der Waals surface area contributed by atoms with Gasteiger partial charge in [-0.2, -0.15) is 0 Å². The van der Waals surface area contributed by atoms with Gasteiger partial charge in [-0.1, -0.05) is 12.5 Å². The largest absolute Gasteiger partial charge is 0.493 e. The quantitative estimate of drug-likeness (QED) is 0.845. The maximum Gasteiger partial charge on any atom is 0.219 e. The van der Waals surface area contributed by atoms with E-state index in [1.807, 2.05) is 6.92 Å². The summed E-state index contributed by atoms with van der Waals surface area (Å²) in [7, 11) is 0. The monoisotopic (exact) mass is 261 g/mol. The highest BCUT2D eigenvalue weighted by molar-refractivity contribution is 5.75. The van der Waals surface area contributed by atoms with E-state index in [0.717, 1.165) is 44.1 Å². The van der Waals surface area contributed by atoms with Crippen LogP contribution in [-0.4, -0.2) is 19.1 Å². The summed E-state index contributed by atoms with van der Waals surface area (Å²) in [4.78, 5) is 11.3. The van der Waals surface area contributed by atoms with Crippen LogP contribution in [-0.2, 0) is 9.53 Å². The topological polar surface area (TPSA) is 38.3 Å². The van der Waals surface area contributed by atoms with Crippen molar-refractivity contribution >= 4 is 5.91 Å². The zero-order chi connectivity index (χ0) is 13.2. The molecule has 3 rings (SSSR count). The van der Waals surface area contributed by atoms with Gasteiger partial charge in [0.15, 0.2) is 0 Å². The number of allylic oxidation sites excluding steroid dienone is 3. The third kappa shape index (κ3) is 2.43. The van der Waals surface area contributed by atoms with E-state index >= 15 is 0 Å². The summed E-state index contributed by atoms with van der Waals surface area (Å²) >= 11 is 0. The van der Waals surface area contributed by atoms with Crippen LogP contribution in [0.25, 0.3) is 0 Å². The van der Waals surface area contributed by atoms with Gasteiger partial charge in [-0.15, -0.1) is 0 Å². The molecule has 0 aromatic rings. The van der Waals surface area contributed by atoms with Crippen molar-refractivity contribution in [1.82, 2.24) is 5.32 Å². The predicted octanol–water partition coefficient (Wildman–Crippen LogP) is 2.93. The summed E-state index contributed by atoms with van der Waals surface area (Å²) in [5, 5.41) is 3.01. The summed E-state index contributed by atoms with van der Waals surface area (Å²) in [5.41, 5.74) is 3.17. The lowest BCUT2D eigenvalue weighted by molar-refractivity contribution is -0.120. The van der Waals surface area contributed by atoms with Gasteiger partial charge in [0.25, 0.3) is 0 Å². The Labute approximate surface area is 115 Å². The normalized spacial score (nSPS) is 28.6. The fraction of sp³-hybridized carbons (Fsp3) is 0.688. The van der Waals surface area contributed by atoms with Crippen LogP contribution < -0.4 is 5.32 Å². The molecule has 1 unspecified atom stereocenters. The Morgan fingerprint density at radius 3 is 3.21 bits per heavy atom. The van der Waals surface area contributed by atoms with Gasteiger partial charge in [-0.25, -0.2) is 0 Å². The van der Waals surface area contributed by atoms with E-state index in [1.54, 1.807) is 5.57 Å². The molecule has 3 aliphatic rings. The Bertz CT molecular complexity index is 436. The molecule has 1 amide bonds. The minimum atomic E-state index is 0.167. The number of carbonyl (C=O) groups is 1. The third-order valence-electron chi connectivity index (χ3n) is 4.72. The van der Waals surface area contributed by atoms with Crippen LogP contribution in [0.15, 0.2) is 23.0 Å². The van der Waals surface area contributed by atoms with Crippen molar-refractivity contribution in [2.45, 2.75) is 45.4 Å². The smallest absolute Gasteiger partial charge is 0.219 e. The second kappa shape index (κ2) is 5.40. The molecule has 0 aromatic heterocycles. The average molecular weight is 261 g/mol. The van der Waals surface area contributed by atoms with Gasteiger partial charge in [0, 0.05) is 19.4 Å². The molecule has 104 valence electrons. The van der Waals surface area contributed by atoms with Crippen molar-refractivity contribution in [3.8, 4) is 0 Å². The van der Waals surface area contributed by atoms with E-state index in [2.05, 4.69) is 11.4 Å². The van der Waals surface area contributed by atoms with Crippen LogP contribution in [0.2, 0.25) is 0 Å². The second-order valence-corrected chi connectivity index (χ2v) is 5.80. The lowest BCUT2D eigenvalue weighted by Gasteiger charge is -2.23. The maximum absolute atomic E-state index is 11.3. The highest BCUT2D eigenvalue weighted by Gasteiger charge is 2.36. The van der Waals surface area contributed by atoms with Gasteiger partial charge in [0.1, 0.15) is 5.76 Å². The molecule has 2 atom stereocenters. The fourth-order valence-electron chi connectivity index (χ4n) is 3.79.